The van der Waals surface area contributed by atoms with Gasteiger partial charge < -0.3 is 10.1 Å². The van der Waals surface area contributed by atoms with E-state index in [4.69, 9.17) is 4.74 Å². The average Bonchev–Trinajstić information content (AvgIpc) is 2.90. The van der Waals surface area contributed by atoms with Gasteiger partial charge in [0, 0.05) is 24.2 Å². The van der Waals surface area contributed by atoms with Crippen LogP contribution in [-0.2, 0) is 0 Å². The van der Waals surface area contributed by atoms with Crippen LogP contribution >= 0.6 is 0 Å². The van der Waals surface area contributed by atoms with Gasteiger partial charge in [0.05, 0.1) is 7.11 Å². The number of likely N-dealkylation sites (N-methyl/N-ethyl adjacent to an activating group) is 1. The molecule has 2 rings (SSSR count). The number of hydrogen-bond acceptors (Lipinski definition) is 3. The third-order valence-electron chi connectivity index (χ3n) is 4.06. The number of hydrogen-bond donors (Lipinski definition) is 1. The highest BCUT2D eigenvalue weighted by molar-refractivity contribution is 5.39. The van der Waals surface area contributed by atoms with Crippen molar-refractivity contribution >= 4 is 0 Å². The summed E-state index contributed by atoms with van der Waals surface area (Å²) in [4.78, 5) is 2.46. The van der Waals surface area contributed by atoms with Crippen LogP contribution < -0.4 is 10.1 Å². The van der Waals surface area contributed by atoms with Crippen molar-refractivity contribution in [1.82, 2.24) is 10.2 Å². The van der Waals surface area contributed by atoms with E-state index >= 15 is 0 Å². The van der Waals surface area contributed by atoms with Crippen molar-refractivity contribution in [2.45, 2.75) is 32.4 Å². The van der Waals surface area contributed by atoms with E-state index in [0.717, 1.165) is 18.8 Å². The lowest BCUT2D eigenvalue weighted by Crippen LogP contribution is -2.35. The zero-order valence-electron chi connectivity index (χ0n) is 11.9. The van der Waals surface area contributed by atoms with Crippen molar-refractivity contribution in [2.24, 2.45) is 0 Å². The van der Waals surface area contributed by atoms with Gasteiger partial charge in [-0.25, -0.2) is 0 Å². The quantitative estimate of drug-likeness (QED) is 0.885. The van der Waals surface area contributed by atoms with E-state index in [1.165, 1.54) is 17.5 Å². The molecule has 0 radical (unpaired) electrons. The summed E-state index contributed by atoms with van der Waals surface area (Å²) in [6.07, 6.45) is 1.23. The van der Waals surface area contributed by atoms with E-state index in [2.05, 4.69) is 49.3 Å². The Hall–Kier alpha value is -1.06. The van der Waals surface area contributed by atoms with Crippen molar-refractivity contribution in [3.05, 3.63) is 29.3 Å². The van der Waals surface area contributed by atoms with Gasteiger partial charge in [0.2, 0.25) is 0 Å². The predicted octanol–water partition coefficient (Wildman–Crippen LogP) is 2.36. The second-order valence-corrected chi connectivity index (χ2v) is 5.23. The lowest BCUT2D eigenvalue weighted by atomic mass is 10.0. The lowest BCUT2D eigenvalue weighted by Gasteiger charge is -2.31. The van der Waals surface area contributed by atoms with Gasteiger partial charge in [-0.1, -0.05) is 17.7 Å². The Kier molecular flexibility index (Phi) is 4.25. The summed E-state index contributed by atoms with van der Waals surface area (Å²) in [6.45, 7) is 6.62. The molecule has 0 saturated carbocycles. The highest BCUT2D eigenvalue weighted by Crippen LogP contribution is 2.31. The van der Waals surface area contributed by atoms with Gasteiger partial charge in [-0.15, -0.1) is 0 Å². The fourth-order valence-corrected chi connectivity index (χ4v) is 2.70. The second kappa shape index (κ2) is 5.72. The highest BCUT2D eigenvalue weighted by Gasteiger charge is 2.25. The Morgan fingerprint density at radius 3 is 2.83 bits per heavy atom. The number of benzene rings is 1. The van der Waals surface area contributed by atoms with Gasteiger partial charge in [0.25, 0.3) is 0 Å². The molecule has 3 nitrogen and oxygen atoms in total. The molecule has 100 valence electrons. The van der Waals surface area contributed by atoms with Crippen molar-refractivity contribution in [2.75, 3.05) is 27.2 Å². The van der Waals surface area contributed by atoms with Crippen molar-refractivity contribution in [3.63, 3.8) is 0 Å². The topological polar surface area (TPSA) is 24.5 Å². The maximum atomic E-state index is 5.49. The number of nitrogens with one attached hydrogen (secondary N) is 1. The SMILES string of the molecule is COc1ccc(C)cc1C(C)N(C)C1CCNC1. The standard InChI is InChI=1S/C15H24N2O/c1-11-5-6-15(18-4)14(9-11)12(2)17(3)13-7-8-16-10-13/h5-6,9,12-13,16H,7-8,10H2,1-4H3. The Labute approximate surface area is 110 Å². The molecule has 1 aromatic rings. The first-order valence-corrected chi connectivity index (χ1v) is 6.70. The Bertz CT molecular complexity index is 399. The minimum atomic E-state index is 0.379. The summed E-state index contributed by atoms with van der Waals surface area (Å²) < 4.78 is 5.49. The summed E-state index contributed by atoms with van der Waals surface area (Å²) in [5.41, 5.74) is 2.57. The van der Waals surface area contributed by atoms with Crippen molar-refractivity contribution in [1.29, 1.82) is 0 Å². The van der Waals surface area contributed by atoms with Gasteiger partial charge in [0.15, 0.2) is 0 Å². The van der Waals surface area contributed by atoms with Crippen LogP contribution in [0.25, 0.3) is 0 Å². The first kappa shape index (κ1) is 13.4. The number of rotatable bonds is 4. The molecule has 0 aliphatic carbocycles. The van der Waals surface area contributed by atoms with Crippen LogP contribution in [0.1, 0.15) is 30.5 Å². The Morgan fingerprint density at radius 1 is 1.44 bits per heavy atom. The molecular formula is C15H24N2O. The molecule has 0 bridgehead atoms. The van der Waals surface area contributed by atoms with Gasteiger partial charge in [-0.2, -0.15) is 0 Å². The molecule has 3 heteroatoms. The molecule has 1 saturated heterocycles. The normalized spacial score (nSPS) is 21.3. The summed E-state index contributed by atoms with van der Waals surface area (Å²) in [5, 5.41) is 3.43. The molecule has 1 aliphatic heterocycles. The molecule has 0 amide bonds. The third kappa shape index (κ3) is 2.68. The first-order chi connectivity index (χ1) is 8.63. The highest BCUT2D eigenvalue weighted by atomic mass is 16.5. The minimum Gasteiger partial charge on any atom is -0.496 e. The van der Waals surface area contributed by atoms with E-state index in [-0.39, 0.29) is 0 Å². The molecule has 1 aliphatic rings. The average molecular weight is 248 g/mol. The molecule has 1 aromatic carbocycles. The van der Waals surface area contributed by atoms with E-state index in [9.17, 15) is 0 Å². The van der Waals surface area contributed by atoms with Crippen LogP contribution in [0.3, 0.4) is 0 Å². The predicted molar refractivity (Wildman–Crippen MR) is 75.2 cm³/mol. The van der Waals surface area contributed by atoms with Crippen LogP contribution in [0.15, 0.2) is 18.2 Å². The fourth-order valence-electron chi connectivity index (χ4n) is 2.70. The molecule has 2 unspecified atom stereocenters. The van der Waals surface area contributed by atoms with Crippen LogP contribution in [0.5, 0.6) is 5.75 Å². The number of aryl methyl sites for hydroxylation is 1. The molecule has 1 fully saturated rings. The molecule has 18 heavy (non-hydrogen) atoms. The molecule has 0 aromatic heterocycles. The molecular weight excluding hydrogens is 224 g/mol. The number of nitrogens with zero attached hydrogens (tertiary/aromatic N) is 1. The van der Waals surface area contributed by atoms with Crippen LogP contribution in [0.2, 0.25) is 0 Å². The smallest absolute Gasteiger partial charge is 0.123 e. The molecule has 1 N–H and O–H groups in total. The minimum absolute atomic E-state index is 0.379. The monoisotopic (exact) mass is 248 g/mol. The van der Waals surface area contributed by atoms with E-state index in [1.807, 2.05) is 0 Å². The fraction of sp³-hybridized carbons (Fsp3) is 0.600. The van der Waals surface area contributed by atoms with Crippen LogP contribution in [0.4, 0.5) is 0 Å². The maximum absolute atomic E-state index is 5.49. The summed E-state index contributed by atoms with van der Waals surface area (Å²) in [7, 11) is 3.96. The molecule has 0 spiro atoms. The zero-order valence-corrected chi connectivity index (χ0v) is 11.9. The van der Waals surface area contributed by atoms with Gasteiger partial charge in [-0.3, -0.25) is 4.90 Å². The molecule has 1 heterocycles. The van der Waals surface area contributed by atoms with Gasteiger partial charge in [-0.05, 0) is 39.9 Å². The first-order valence-electron chi connectivity index (χ1n) is 6.70. The summed E-state index contributed by atoms with van der Waals surface area (Å²) >= 11 is 0. The number of ether oxygens (including phenoxy) is 1. The summed E-state index contributed by atoms with van der Waals surface area (Å²) in [5.74, 6) is 0.992. The Balaban J connectivity index is 2.21. The number of methoxy groups -OCH3 is 1. The largest absolute Gasteiger partial charge is 0.496 e. The summed E-state index contributed by atoms with van der Waals surface area (Å²) in [6, 6.07) is 7.42. The Morgan fingerprint density at radius 2 is 2.22 bits per heavy atom. The molecule has 2 atom stereocenters. The maximum Gasteiger partial charge on any atom is 0.123 e. The van der Waals surface area contributed by atoms with Crippen molar-refractivity contribution in [3.8, 4) is 5.75 Å². The van der Waals surface area contributed by atoms with Gasteiger partial charge >= 0.3 is 0 Å². The van der Waals surface area contributed by atoms with E-state index in [1.54, 1.807) is 7.11 Å². The van der Waals surface area contributed by atoms with Gasteiger partial charge in [0.1, 0.15) is 5.75 Å². The zero-order chi connectivity index (χ0) is 13.1. The lowest BCUT2D eigenvalue weighted by molar-refractivity contribution is 0.193. The second-order valence-electron chi connectivity index (χ2n) is 5.23. The van der Waals surface area contributed by atoms with Crippen LogP contribution in [-0.4, -0.2) is 38.2 Å². The third-order valence-corrected chi connectivity index (χ3v) is 4.06. The van der Waals surface area contributed by atoms with E-state index < -0.39 is 0 Å². The van der Waals surface area contributed by atoms with Crippen molar-refractivity contribution < 1.29 is 4.74 Å². The van der Waals surface area contributed by atoms with Crippen LogP contribution in [0, 0.1) is 6.92 Å². The van der Waals surface area contributed by atoms with E-state index in [0.29, 0.717) is 12.1 Å².